The van der Waals surface area contributed by atoms with E-state index in [2.05, 4.69) is 0 Å². The van der Waals surface area contributed by atoms with Crippen molar-refractivity contribution < 1.29 is 47.6 Å². The molecule has 0 bridgehead atoms. The molecule has 0 aliphatic carbocycles. The average molecular weight is 362 g/mol. The normalized spacial score (nSPS) is 28.6. The lowest BCUT2D eigenvalue weighted by Crippen LogP contribution is -2.63. The molecule has 0 aromatic carbocycles. The fourth-order valence-corrected chi connectivity index (χ4v) is 2.41. The molecule has 1 heterocycles. The van der Waals surface area contributed by atoms with E-state index >= 15 is 0 Å². The topological polar surface area (TPSA) is 124 Å². The Bertz CT molecular complexity index is 516. The van der Waals surface area contributed by atoms with Gasteiger partial charge in [0.2, 0.25) is 12.4 Å². The van der Waals surface area contributed by atoms with Crippen molar-refractivity contribution in [2.45, 2.75) is 58.4 Å². The van der Waals surface area contributed by atoms with Crippen molar-refractivity contribution in [2.75, 3.05) is 13.7 Å². The van der Waals surface area contributed by atoms with Gasteiger partial charge in [-0.05, 0) is 0 Å². The minimum atomic E-state index is -1.36. The van der Waals surface area contributed by atoms with Crippen LogP contribution in [0.2, 0.25) is 0 Å². The lowest BCUT2D eigenvalue weighted by atomic mass is 9.98. The van der Waals surface area contributed by atoms with Crippen molar-refractivity contribution in [2.24, 2.45) is 0 Å². The number of hydrogen-bond donors (Lipinski definition) is 0. The third-order valence-electron chi connectivity index (χ3n) is 3.11. The van der Waals surface area contributed by atoms with Gasteiger partial charge in [-0.3, -0.25) is 19.2 Å². The minimum Gasteiger partial charge on any atom is -0.456 e. The van der Waals surface area contributed by atoms with Gasteiger partial charge in [0.15, 0.2) is 12.2 Å². The number of carbonyl (C=O) groups excluding carboxylic acids is 4. The molecule has 0 aromatic rings. The van der Waals surface area contributed by atoms with E-state index < -0.39 is 54.6 Å². The molecule has 142 valence electrons. The molecule has 1 rings (SSSR count). The Labute approximate surface area is 144 Å². The summed E-state index contributed by atoms with van der Waals surface area (Å²) in [5.41, 5.74) is 0. The smallest absolute Gasteiger partial charge is 0.305 e. The van der Waals surface area contributed by atoms with Gasteiger partial charge in [0.05, 0.1) is 6.61 Å². The highest BCUT2D eigenvalue weighted by Gasteiger charge is 2.53. The highest BCUT2D eigenvalue weighted by molar-refractivity contribution is 5.69. The molecule has 1 aliphatic heterocycles. The Hall–Kier alpha value is -2.20. The summed E-state index contributed by atoms with van der Waals surface area (Å²) in [4.78, 5) is 45.7. The molecule has 3 unspecified atom stereocenters. The third-order valence-corrected chi connectivity index (χ3v) is 3.11. The summed E-state index contributed by atoms with van der Waals surface area (Å²) < 4.78 is 31.1. The molecule has 1 saturated heterocycles. The second-order valence-electron chi connectivity index (χ2n) is 5.33. The van der Waals surface area contributed by atoms with E-state index in [-0.39, 0.29) is 6.61 Å². The van der Waals surface area contributed by atoms with Crippen LogP contribution < -0.4 is 0 Å². The summed E-state index contributed by atoms with van der Waals surface area (Å²) >= 11 is 0. The Balaban J connectivity index is 3.25. The Morgan fingerprint density at radius 2 is 1.16 bits per heavy atom. The van der Waals surface area contributed by atoms with Gasteiger partial charge in [0.25, 0.3) is 0 Å². The van der Waals surface area contributed by atoms with Gasteiger partial charge >= 0.3 is 23.9 Å². The van der Waals surface area contributed by atoms with Gasteiger partial charge < -0.3 is 28.4 Å². The van der Waals surface area contributed by atoms with Gasteiger partial charge in [0.1, 0.15) is 6.10 Å². The summed E-state index contributed by atoms with van der Waals surface area (Å²) in [6.45, 7) is 4.50. The lowest BCUT2D eigenvalue weighted by Gasteiger charge is -2.43. The molecule has 0 radical (unpaired) electrons. The third kappa shape index (κ3) is 6.31. The summed E-state index contributed by atoms with van der Waals surface area (Å²) in [6.07, 6.45) is -5.98. The number of carbonyl (C=O) groups is 4. The van der Waals surface area contributed by atoms with Crippen LogP contribution in [0, 0.1) is 0 Å². The number of ether oxygens (including phenoxy) is 6. The van der Waals surface area contributed by atoms with Gasteiger partial charge in [-0.25, -0.2) is 0 Å². The van der Waals surface area contributed by atoms with Gasteiger partial charge in [-0.1, -0.05) is 0 Å². The predicted octanol–water partition coefficient (Wildman–Crippen LogP) is -0.284. The van der Waals surface area contributed by atoms with Gasteiger partial charge in [-0.15, -0.1) is 0 Å². The first kappa shape index (κ1) is 20.8. The average Bonchev–Trinajstić information content (AvgIpc) is 2.45. The molecule has 0 amide bonds. The Morgan fingerprint density at radius 1 is 0.720 bits per heavy atom. The maximum absolute atomic E-state index is 11.5. The maximum Gasteiger partial charge on any atom is 0.305 e. The van der Waals surface area contributed by atoms with E-state index in [9.17, 15) is 19.2 Å². The zero-order valence-electron chi connectivity index (χ0n) is 14.7. The Kier molecular flexibility index (Phi) is 7.78. The standard InChI is InChI=1S/C15H22O10/c1-7(16)21-12-11(6-20-5)25-15(24-10(4)19)14(23-9(3)18)13(12)22-8(2)17/h11-15H,6H2,1-5H3/t11?,12-,13?,14?,15-/m1/s1. The highest BCUT2D eigenvalue weighted by Crippen LogP contribution is 2.29. The number of methoxy groups -OCH3 is 1. The predicted molar refractivity (Wildman–Crippen MR) is 79.0 cm³/mol. The first-order valence-corrected chi connectivity index (χ1v) is 7.49. The van der Waals surface area contributed by atoms with E-state index in [1.165, 1.54) is 7.11 Å². The van der Waals surface area contributed by atoms with Crippen molar-refractivity contribution in [3.63, 3.8) is 0 Å². The van der Waals surface area contributed by atoms with E-state index in [1.807, 2.05) is 0 Å². The monoisotopic (exact) mass is 362 g/mol. The van der Waals surface area contributed by atoms with Crippen LogP contribution in [0.5, 0.6) is 0 Å². The second-order valence-corrected chi connectivity index (χ2v) is 5.33. The molecule has 1 aliphatic rings. The largest absolute Gasteiger partial charge is 0.456 e. The molecule has 10 nitrogen and oxygen atoms in total. The van der Waals surface area contributed by atoms with Gasteiger partial charge in [0, 0.05) is 34.8 Å². The van der Waals surface area contributed by atoms with Crippen LogP contribution in [0.15, 0.2) is 0 Å². The molecule has 0 N–H and O–H groups in total. The van der Waals surface area contributed by atoms with E-state index in [1.54, 1.807) is 0 Å². The van der Waals surface area contributed by atoms with E-state index in [0.717, 1.165) is 27.7 Å². The SMILES string of the molecule is COCC1O[C@@H](OC(C)=O)C(OC(C)=O)C(OC(C)=O)[C@@H]1OC(C)=O. The molecule has 1 fully saturated rings. The fraction of sp³-hybridized carbons (Fsp3) is 0.733. The molecular weight excluding hydrogens is 340 g/mol. The second kappa shape index (κ2) is 9.33. The maximum atomic E-state index is 11.5. The highest BCUT2D eigenvalue weighted by atomic mass is 16.7. The summed E-state index contributed by atoms with van der Waals surface area (Å²) in [7, 11) is 1.38. The van der Waals surface area contributed by atoms with Crippen molar-refractivity contribution >= 4 is 23.9 Å². The number of hydrogen-bond acceptors (Lipinski definition) is 10. The first-order chi connectivity index (χ1) is 11.6. The van der Waals surface area contributed by atoms with Crippen molar-refractivity contribution in [1.29, 1.82) is 0 Å². The summed E-state index contributed by atoms with van der Waals surface area (Å²) in [5.74, 6) is -2.81. The molecule has 25 heavy (non-hydrogen) atoms. The van der Waals surface area contributed by atoms with Crippen LogP contribution in [-0.4, -0.2) is 68.3 Å². The number of esters is 4. The molecule has 0 aromatic heterocycles. The molecule has 0 spiro atoms. The molecule has 0 saturated carbocycles. The Morgan fingerprint density at radius 3 is 1.60 bits per heavy atom. The van der Waals surface area contributed by atoms with Crippen LogP contribution >= 0.6 is 0 Å². The van der Waals surface area contributed by atoms with Crippen molar-refractivity contribution in [3.05, 3.63) is 0 Å². The van der Waals surface area contributed by atoms with Crippen LogP contribution in [0.3, 0.4) is 0 Å². The van der Waals surface area contributed by atoms with Crippen LogP contribution in [0.4, 0.5) is 0 Å². The van der Waals surface area contributed by atoms with E-state index in [0.29, 0.717) is 0 Å². The quantitative estimate of drug-likeness (QED) is 0.460. The van der Waals surface area contributed by atoms with Crippen LogP contribution in [0.25, 0.3) is 0 Å². The van der Waals surface area contributed by atoms with Gasteiger partial charge in [-0.2, -0.15) is 0 Å². The van der Waals surface area contributed by atoms with E-state index in [4.69, 9.17) is 28.4 Å². The first-order valence-electron chi connectivity index (χ1n) is 7.49. The minimum absolute atomic E-state index is 0.0553. The summed E-state index contributed by atoms with van der Waals surface area (Å²) in [5, 5.41) is 0. The lowest BCUT2D eigenvalue weighted by molar-refractivity contribution is -0.300. The molecule has 10 heteroatoms. The summed E-state index contributed by atoms with van der Waals surface area (Å²) in [6, 6.07) is 0. The van der Waals surface area contributed by atoms with Crippen LogP contribution in [0.1, 0.15) is 27.7 Å². The molecule has 5 atom stereocenters. The zero-order chi connectivity index (χ0) is 19.1. The van der Waals surface area contributed by atoms with Crippen LogP contribution in [-0.2, 0) is 47.6 Å². The number of rotatable bonds is 6. The van der Waals surface area contributed by atoms with Crippen molar-refractivity contribution in [1.82, 2.24) is 0 Å². The van der Waals surface area contributed by atoms with Crippen molar-refractivity contribution in [3.8, 4) is 0 Å². The fourth-order valence-electron chi connectivity index (χ4n) is 2.41. The molecular formula is C15H22O10. The zero-order valence-corrected chi connectivity index (χ0v) is 14.7.